The van der Waals surface area contributed by atoms with Crippen LogP contribution in [0.1, 0.15) is 25.7 Å². The highest BCUT2D eigenvalue weighted by atomic mass is 35.5. The van der Waals surface area contributed by atoms with E-state index in [1.54, 1.807) is 7.05 Å². The number of carbonyl (C=O) groups excluding carboxylic acids is 3. The molecule has 27 heavy (non-hydrogen) atoms. The highest BCUT2D eigenvalue weighted by Crippen LogP contribution is 2.40. The van der Waals surface area contributed by atoms with Gasteiger partial charge in [-0.05, 0) is 37.8 Å². The van der Waals surface area contributed by atoms with Gasteiger partial charge >= 0.3 is 0 Å². The number of imide groups is 1. The van der Waals surface area contributed by atoms with Crippen molar-refractivity contribution in [3.63, 3.8) is 0 Å². The summed E-state index contributed by atoms with van der Waals surface area (Å²) < 4.78 is 14.6. The quantitative estimate of drug-likeness (QED) is 0.704. The fourth-order valence-corrected chi connectivity index (χ4v) is 4.48. The third-order valence-corrected chi connectivity index (χ3v) is 6.17. The molecule has 0 spiro atoms. The largest absolute Gasteiger partial charge is 0.294 e. The molecular weight excluding hydrogens is 393 g/mol. The highest BCUT2D eigenvalue weighted by molar-refractivity contribution is 8.15. The molecule has 1 fully saturated rings. The molecule has 6 nitrogen and oxygen atoms in total. The van der Waals surface area contributed by atoms with Gasteiger partial charge in [-0.2, -0.15) is 0 Å². The van der Waals surface area contributed by atoms with Crippen molar-refractivity contribution in [2.45, 2.75) is 25.7 Å². The number of hydrogen-bond acceptors (Lipinski definition) is 5. The number of carbonyl (C=O) groups is 3. The van der Waals surface area contributed by atoms with Crippen molar-refractivity contribution >= 4 is 57.6 Å². The maximum Gasteiger partial charge on any atom is 0.261 e. The molecule has 3 amide bonds. The van der Waals surface area contributed by atoms with Crippen LogP contribution in [0.3, 0.4) is 0 Å². The van der Waals surface area contributed by atoms with E-state index in [0.29, 0.717) is 29.2 Å². The monoisotopic (exact) mass is 407 g/mol. The van der Waals surface area contributed by atoms with E-state index in [1.807, 2.05) is 0 Å². The average Bonchev–Trinajstić information content (AvgIpc) is 3.09. The number of halogens is 2. The van der Waals surface area contributed by atoms with Crippen molar-refractivity contribution in [1.82, 2.24) is 4.90 Å². The van der Waals surface area contributed by atoms with E-state index >= 15 is 0 Å². The first-order chi connectivity index (χ1) is 12.9. The van der Waals surface area contributed by atoms with Gasteiger partial charge in [0.1, 0.15) is 5.82 Å². The van der Waals surface area contributed by atoms with Crippen LogP contribution in [0, 0.1) is 5.82 Å². The Labute approximate surface area is 164 Å². The van der Waals surface area contributed by atoms with Crippen LogP contribution in [-0.4, -0.2) is 40.6 Å². The van der Waals surface area contributed by atoms with Gasteiger partial charge in [-0.1, -0.05) is 23.4 Å². The number of amidine groups is 1. The first-order valence-corrected chi connectivity index (χ1v) is 9.82. The molecule has 3 aliphatic rings. The number of nitrogens with zero attached hydrogens (tertiary/aromatic N) is 3. The molecule has 0 aromatic heterocycles. The van der Waals surface area contributed by atoms with Gasteiger partial charge in [-0.25, -0.2) is 14.3 Å². The lowest BCUT2D eigenvalue weighted by atomic mass is 9.93. The van der Waals surface area contributed by atoms with Gasteiger partial charge < -0.3 is 0 Å². The van der Waals surface area contributed by atoms with E-state index in [2.05, 4.69) is 4.99 Å². The molecular formula is C18H15ClFN3O3S. The van der Waals surface area contributed by atoms with Crippen molar-refractivity contribution in [3.8, 4) is 0 Å². The lowest BCUT2D eigenvalue weighted by Crippen LogP contribution is -2.32. The molecule has 140 valence electrons. The van der Waals surface area contributed by atoms with Crippen LogP contribution in [0.25, 0.3) is 0 Å². The molecule has 0 atom stereocenters. The summed E-state index contributed by atoms with van der Waals surface area (Å²) in [5, 5.41) is 0.463. The van der Waals surface area contributed by atoms with Crippen LogP contribution < -0.4 is 4.90 Å². The molecule has 1 saturated heterocycles. The van der Waals surface area contributed by atoms with Crippen molar-refractivity contribution in [2.24, 2.45) is 4.99 Å². The Bertz CT molecular complexity index is 931. The minimum atomic E-state index is -0.769. The molecule has 0 radical (unpaired) electrons. The summed E-state index contributed by atoms with van der Waals surface area (Å²) in [5.41, 5.74) is 0.984. The standard InChI is InChI=1S/C18H15ClFN3O3S/c1-22-15(24)8-27-18(22)21-13-7-14(12(20)6-11(13)19)23-16(25)9-4-2-3-5-10(9)17(23)26/h6-7H,2-5,8H2,1H3. The Morgan fingerprint density at radius 1 is 1.11 bits per heavy atom. The number of anilines is 1. The first kappa shape index (κ1) is 18.2. The zero-order chi connectivity index (χ0) is 19.3. The Morgan fingerprint density at radius 2 is 1.74 bits per heavy atom. The predicted molar refractivity (Wildman–Crippen MR) is 102 cm³/mol. The predicted octanol–water partition coefficient (Wildman–Crippen LogP) is 3.42. The maximum atomic E-state index is 14.6. The lowest BCUT2D eigenvalue weighted by Gasteiger charge is -2.17. The Kier molecular flexibility index (Phi) is 4.55. The molecule has 2 aliphatic heterocycles. The van der Waals surface area contributed by atoms with Gasteiger partial charge in [-0.3, -0.25) is 19.3 Å². The molecule has 1 aromatic carbocycles. The van der Waals surface area contributed by atoms with Crippen LogP contribution in [0.2, 0.25) is 5.02 Å². The zero-order valence-corrected chi connectivity index (χ0v) is 16.0. The fraction of sp³-hybridized carbons (Fsp3) is 0.333. The first-order valence-electron chi connectivity index (χ1n) is 8.46. The SMILES string of the molecule is CN1C(=O)CSC1=Nc1cc(N2C(=O)C3=C(CCCC3)C2=O)c(F)cc1Cl. The van der Waals surface area contributed by atoms with Gasteiger partial charge in [0, 0.05) is 18.2 Å². The molecule has 4 rings (SSSR count). The van der Waals surface area contributed by atoms with E-state index in [1.165, 1.54) is 22.7 Å². The Morgan fingerprint density at radius 3 is 2.30 bits per heavy atom. The van der Waals surface area contributed by atoms with Gasteiger partial charge in [0.05, 0.1) is 22.2 Å². The minimum absolute atomic E-state index is 0.0360. The van der Waals surface area contributed by atoms with Crippen LogP contribution in [0.5, 0.6) is 0 Å². The summed E-state index contributed by atoms with van der Waals surface area (Å²) in [6.45, 7) is 0. The Balaban J connectivity index is 1.75. The van der Waals surface area contributed by atoms with Crippen LogP contribution in [-0.2, 0) is 14.4 Å². The third kappa shape index (κ3) is 2.96. The maximum absolute atomic E-state index is 14.6. The molecule has 0 unspecified atom stereocenters. The van der Waals surface area contributed by atoms with Gasteiger partial charge in [0.2, 0.25) is 5.91 Å². The summed E-state index contributed by atoms with van der Waals surface area (Å²) in [7, 11) is 1.59. The molecule has 9 heteroatoms. The van der Waals surface area contributed by atoms with Crippen molar-refractivity contribution in [3.05, 3.63) is 34.1 Å². The van der Waals surface area contributed by atoms with Gasteiger partial charge in [-0.15, -0.1) is 0 Å². The molecule has 0 N–H and O–H groups in total. The van der Waals surface area contributed by atoms with Crippen molar-refractivity contribution < 1.29 is 18.8 Å². The van der Waals surface area contributed by atoms with Crippen molar-refractivity contribution in [2.75, 3.05) is 17.7 Å². The van der Waals surface area contributed by atoms with Gasteiger partial charge in [0.25, 0.3) is 11.8 Å². The average molecular weight is 408 g/mol. The second kappa shape index (κ2) is 6.76. The van der Waals surface area contributed by atoms with Crippen LogP contribution >= 0.6 is 23.4 Å². The Hall–Kier alpha value is -2.19. The number of aliphatic imine (C=N–C) groups is 1. The minimum Gasteiger partial charge on any atom is -0.294 e. The second-order valence-corrected chi connectivity index (χ2v) is 7.85. The second-order valence-electron chi connectivity index (χ2n) is 6.50. The number of hydrogen-bond donors (Lipinski definition) is 0. The van der Waals surface area contributed by atoms with E-state index < -0.39 is 17.6 Å². The fourth-order valence-electron chi connectivity index (χ4n) is 3.38. The number of thioether (sulfide) groups is 1. The van der Waals surface area contributed by atoms with Crippen LogP contribution in [0.15, 0.2) is 28.3 Å². The number of rotatable bonds is 2. The van der Waals surface area contributed by atoms with E-state index in [9.17, 15) is 18.8 Å². The molecule has 0 saturated carbocycles. The molecule has 1 aromatic rings. The normalized spacial score (nSPS) is 21.7. The van der Waals surface area contributed by atoms with E-state index in [-0.39, 0.29) is 28.1 Å². The molecule has 1 aliphatic carbocycles. The smallest absolute Gasteiger partial charge is 0.261 e. The van der Waals surface area contributed by atoms with Crippen molar-refractivity contribution in [1.29, 1.82) is 0 Å². The zero-order valence-electron chi connectivity index (χ0n) is 14.4. The molecule has 0 bridgehead atoms. The summed E-state index contributed by atoms with van der Waals surface area (Å²) in [5.74, 6) is -1.55. The highest BCUT2D eigenvalue weighted by Gasteiger charge is 2.41. The summed E-state index contributed by atoms with van der Waals surface area (Å²) in [4.78, 5) is 43.6. The van der Waals surface area contributed by atoms with E-state index in [0.717, 1.165) is 23.8 Å². The summed E-state index contributed by atoms with van der Waals surface area (Å²) in [6.07, 6.45) is 2.74. The summed E-state index contributed by atoms with van der Waals surface area (Å²) >= 11 is 7.35. The lowest BCUT2D eigenvalue weighted by molar-refractivity contribution is -0.123. The molecule has 2 heterocycles. The number of benzene rings is 1. The number of amides is 3. The van der Waals surface area contributed by atoms with Gasteiger partial charge in [0.15, 0.2) is 5.17 Å². The van der Waals surface area contributed by atoms with E-state index in [4.69, 9.17) is 11.6 Å². The van der Waals surface area contributed by atoms with Crippen LogP contribution in [0.4, 0.5) is 15.8 Å². The summed E-state index contributed by atoms with van der Waals surface area (Å²) in [6, 6.07) is 2.33. The topological polar surface area (TPSA) is 70.1 Å². The third-order valence-electron chi connectivity index (χ3n) is 4.85.